The van der Waals surface area contributed by atoms with Crippen molar-refractivity contribution in [3.8, 4) is 0 Å². The van der Waals surface area contributed by atoms with E-state index in [0.717, 1.165) is 13.0 Å². The SMILES string of the molecule is Cc1ccc(C)c(C(C)N2CC(C)CC(N)C2)c1. The van der Waals surface area contributed by atoms with Crippen LogP contribution in [0.1, 0.15) is 43.0 Å². The Morgan fingerprint density at radius 2 is 2.00 bits per heavy atom. The van der Waals surface area contributed by atoms with Crippen molar-refractivity contribution in [3.05, 3.63) is 34.9 Å². The third-order valence-corrected chi connectivity index (χ3v) is 4.15. The number of nitrogens with two attached hydrogens (primary N) is 1. The Labute approximate surface area is 111 Å². The summed E-state index contributed by atoms with van der Waals surface area (Å²) in [5, 5.41) is 0. The lowest BCUT2D eigenvalue weighted by Gasteiger charge is -2.39. The first-order valence-electron chi connectivity index (χ1n) is 7.04. The van der Waals surface area contributed by atoms with Gasteiger partial charge >= 0.3 is 0 Å². The molecule has 18 heavy (non-hydrogen) atoms. The van der Waals surface area contributed by atoms with Crippen molar-refractivity contribution in [2.75, 3.05) is 13.1 Å². The van der Waals surface area contributed by atoms with Crippen LogP contribution in [0, 0.1) is 19.8 Å². The quantitative estimate of drug-likeness (QED) is 0.869. The lowest BCUT2D eigenvalue weighted by molar-refractivity contribution is 0.123. The first-order valence-corrected chi connectivity index (χ1v) is 7.04. The predicted molar refractivity (Wildman–Crippen MR) is 77.7 cm³/mol. The van der Waals surface area contributed by atoms with Gasteiger partial charge in [0.05, 0.1) is 0 Å². The number of hydrogen-bond acceptors (Lipinski definition) is 2. The summed E-state index contributed by atoms with van der Waals surface area (Å²) in [5.74, 6) is 0.710. The van der Waals surface area contributed by atoms with Crippen LogP contribution in [0.5, 0.6) is 0 Å². The van der Waals surface area contributed by atoms with Gasteiger partial charge in [0.1, 0.15) is 0 Å². The molecule has 0 amide bonds. The normalized spacial score (nSPS) is 27.2. The maximum absolute atomic E-state index is 6.16. The van der Waals surface area contributed by atoms with E-state index in [1.165, 1.54) is 23.2 Å². The minimum atomic E-state index is 0.335. The maximum atomic E-state index is 6.16. The van der Waals surface area contributed by atoms with Crippen LogP contribution in [0.4, 0.5) is 0 Å². The molecule has 0 radical (unpaired) electrons. The van der Waals surface area contributed by atoms with Gasteiger partial charge < -0.3 is 5.73 Å². The third-order valence-electron chi connectivity index (χ3n) is 4.15. The van der Waals surface area contributed by atoms with Crippen LogP contribution in [0.25, 0.3) is 0 Å². The van der Waals surface area contributed by atoms with Gasteiger partial charge in [-0.05, 0) is 44.2 Å². The van der Waals surface area contributed by atoms with Crippen molar-refractivity contribution >= 4 is 0 Å². The first kappa shape index (κ1) is 13.6. The summed E-state index contributed by atoms with van der Waals surface area (Å²) >= 11 is 0. The maximum Gasteiger partial charge on any atom is 0.0323 e. The molecule has 3 atom stereocenters. The van der Waals surface area contributed by atoms with Crippen LogP contribution in [0.15, 0.2) is 18.2 Å². The average molecular weight is 246 g/mol. The molecule has 2 N–H and O–H groups in total. The molecule has 1 aliphatic heterocycles. The van der Waals surface area contributed by atoms with E-state index in [4.69, 9.17) is 5.73 Å². The van der Waals surface area contributed by atoms with Crippen LogP contribution in [-0.4, -0.2) is 24.0 Å². The Kier molecular flexibility index (Phi) is 4.08. The van der Waals surface area contributed by atoms with Gasteiger partial charge in [0.25, 0.3) is 0 Å². The second kappa shape index (κ2) is 5.41. The van der Waals surface area contributed by atoms with Crippen LogP contribution >= 0.6 is 0 Å². The van der Waals surface area contributed by atoms with E-state index in [1.54, 1.807) is 0 Å². The Balaban J connectivity index is 2.19. The monoisotopic (exact) mass is 246 g/mol. The van der Waals surface area contributed by atoms with Crippen molar-refractivity contribution in [1.29, 1.82) is 0 Å². The van der Waals surface area contributed by atoms with Crippen molar-refractivity contribution < 1.29 is 0 Å². The summed E-state index contributed by atoms with van der Waals surface area (Å²) in [6.45, 7) is 11.2. The van der Waals surface area contributed by atoms with E-state index < -0.39 is 0 Å². The number of likely N-dealkylation sites (tertiary alicyclic amines) is 1. The molecule has 1 heterocycles. The highest BCUT2D eigenvalue weighted by atomic mass is 15.2. The Hall–Kier alpha value is -0.860. The molecule has 2 heteroatoms. The van der Waals surface area contributed by atoms with E-state index in [0.29, 0.717) is 18.0 Å². The summed E-state index contributed by atoms with van der Waals surface area (Å²) < 4.78 is 0. The molecule has 1 aromatic carbocycles. The standard InChI is InChI=1S/C16H26N2/c1-11-5-6-13(3)16(8-11)14(4)18-9-12(2)7-15(17)10-18/h5-6,8,12,14-15H,7,9-10,17H2,1-4H3. The molecule has 1 saturated heterocycles. The highest BCUT2D eigenvalue weighted by Crippen LogP contribution is 2.28. The van der Waals surface area contributed by atoms with Crippen LogP contribution < -0.4 is 5.73 Å². The largest absolute Gasteiger partial charge is 0.327 e. The van der Waals surface area contributed by atoms with Gasteiger partial charge in [-0.1, -0.05) is 30.7 Å². The van der Waals surface area contributed by atoms with Crippen LogP contribution in [0.2, 0.25) is 0 Å². The lowest BCUT2D eigenvalue weighted by atomic mass is 9.92. The smallest absolute Gasteiger partial charge is 0.0323 e. The Morgan fingerprint density at radius 1 is 1.28 bits per heavy atom. The third kappa shape index (κ3) is 2.93. The number of aryl methyl sites for hydroxylation is 2. The number of benzene rings is 1. The molecular weight excluding hydrogens is 220 g/mol. The van der Waals surface area contributed by atoms with Crippen LogP contribution in [0.3, 0.4) is 0 Å². The van der Waals surface area contributed by atoms with Gasteiger partial charge in [0.15, 0.2) is 0 Å². The first-order chi connectivity index (χ1) is 8.47. The topological polar surface area (TPSA) is 29.3 Å². The van der Waals surface area contributed by atoms with E-state index in [-0.39, 0.29) is 0 Å². The van der Waals surface area contributed by atoms with Gasteiger partial charge in [0.2, 0.25) is 0 Å². The zero-order valence-electron chi connectivity index (χ0n) is 12.1. The summed E-state index contributed by atoms with van der Waals surface area (Å²) in [4.78, 5) is 2.54. The molecule has 0 aromatic heterocycles. The van der Waals surface area contributed by atoms with Gasteiger partial charge in [-0.15, -0.1) is 0 Å². The fourth-order valence-corrected chi connectivity index (χ4v) is 3.16. The molecular formula is C16H26N2. The molecule has 0 aliphatic carbocycles. The minimum absolute atomic E-state index is 0.335. The van der Waals surface area contributed by atoms with Crippen molar-refractivity contribution in [2.45, 2.75) is 46.2 Å². The molecule has 2 rings (SSSR count). The highest BCUT2D eigenvalue weighted by molar-refractivity contribution is 5.32. The molecule has 3 unspecified atom stereocenters. The molecule has 1 fully saturated rings. The van der Waals surface area contributed by atoms with E-state index >= 15 is 0 Å². The summed E-state index contributed by atoms with van der Waals surface area (Å²) in [5.41, 5.74) is 10.3. The van der Waals surface area contributed by atoms with E-state index in [2.05, 4.69) is 50.8 Å². The number of hydrogen-bond donors (Lipinski definition) is 1. The summed E-state index contributed by atoms with van der Waals surface area (Å²) in [7, 11) is 0. The molecule has 0 bridgehead atoms. The molecule has 1 aromatic rings. The fraction of sp³-hybridized carbons (Fsp3) is 0.625. The molecule has 100 valence electrons. The van der Waals surface area contributed by atoms with Gasteiger partial charge in [-0.2, -0.15) is 0 Å². The molecule has 0 spiro atoms. The molecule has 2 nitrogen and oxygen atoms in total. The highest BCUT2D eigenvalue weighted by Gasteiger charge is 2.26. The van der Waals surface area contributed by atoms with E-state index in [1.807, 2.05) is 0 Å². The lowest BCUT2D eigenvalue weighted by Crippen LogP contribution is -2.47. The van der Waals surface area contributed by atoms with Gasteiger partial charge in [0, 0.05) is 25.2 Å². The summed E-state index contributed by atoms with van der Waals surface area (Å²) in [6.07, 6.45) is 1.16. The average Bonchev–Trinajstić information content (AvgIpc) is 2.30. The zero-order valence-corrected chi connectivity index (χ0v) is 12.1. The van der Waals surface area contributed by atoms with Crippen LogP contribution in [-0.2, 0) is 0 Å². The Morgan fingerprint density at radius 3 is 2.67 bits per heavy atom. The summed E-state index contributed by atoms with van der Waals surface area (Å²) in [6, 6.07) is 7.55. The van der Waals surface area contributed by atoms with Crippen molar-refractivity contribution in [3.63, 3.8) is 0 Å². The van der Waals surface area contributed by atoms with Gasteiger partial charge in [-0.25, -0.2) is 0 Å². The Bertz CT molecular complexity index is 404. The second-order valence-electron chi connectivity index (χ2n) is 6.09. The fourth-order valence-electron chi connectivity index (χ4n) is 3.16. The number of nitrogens with zero attached hydrogens (tertiary/aromatic N) is 1. The second-order valence-corrected chi connectivity index (χ2v) is 6.09. The van der Waals surface area contributed by atoms with E-state index in [9.17, 15) is 0 Å². The predicted octanol–water partition coefficient (Wildman–Crippen LogP) is 3.03. The number of piperidine rings is 1. The van der Waals surface area contributed by atoms with Crippen molar-refractivity contribution in [1.82, 2.24) is 4.90 Å². The molecule has 1 aliphatic rings. The molecule has 0 saturated carbocycles. The van der Waals surface area contributed by atoms with Gasteiger partial charge in [-0.3, -0.25) is 4.90 Å². The minimum Gasteiger partial charge on any atom is -0.327 e. The zero-order chi connectivity index (χ0) is 13.3. The number of rotatable bonds is 2. The van der Waals surface area contributed by atoms with Crippen molar-refractivity contribution in [2.24, 2.45) is 11.7 Å².